The maximum Gasteiger partial charge on any atom is 0.191 e. The largest absolute Gasteiger partial charge is 0.379 e. The molecule has 6 nitrogen and oxygen atoms in total. The molecule has 0 aromatic rings. The van der Waals surface area contributed by atoms with E-state index in [9.17, 15) is 0 Å². The molecule has 158 valence electrons. The molecule has 27 heavy (non-hydrogen) atoms. The highest BCUT2D eigenvalue weighted by Gasteiger charge is 2.36. The van der Waals surface area contributed by atoms with E-state index < -0.39 is 0 Å². The van der Waals surface area contributed by atoms with E-state index in [2.05, 4.69) is 41.3 Å². The second-order valence-corrected chi connectivity index (χ2v) is 8.45. The SMILES string of the molecule is CCNC(=NCC(C)CN1CCOCC1)NC1CC2CCCC(C1)N2C.I. The zero-order chi connectivity index (χ0) is 18.4. The summed E-state index contributed by atoms with van der Waals surface area (Å²) >= 11 is 0. The van der Waals surface area contributed by atoms with Gasteiger partial charge in [-0.15, -0.1) is 24.0 Å². The summed E-state index contributed by atoms with van der Waals surface area (Å²) < 4.78 is 5.44. The van der Waals surface area contributed by atoms with Crippen molar-refractivity contribution in [3.05, 3.63) is 0 Å². The van der Waals surface area contributed by atoms with Crippen LogP contribution in [0, 0.1) is 5.92 Å². The highest BCUT2D eigenvalue weighted by atomic mass is 127. The number of piperidine rings is 2. The number of nitrogens with one attached hydrogen (secondary N) is 2. The third-order valence-corrected chi connectivity index (χ3v) is 6.26. The summed E-state index contributed by atoms with van der Waals surface area (Å²) in [7, 11) is 2.32. The summed E-state index contributed by atoms with van der Waals surface area (Å²) in [5.41, 5.74) is 0. The molecule has 3 unspecified atom stereocenters. The molecule has 3 rings (SSSR count). The van der Waals surface area contributed by atoms with E-state index in [-0.39, 0.29) is 24.0 Å². The first-order chi connectivity index (χ1) is 12.7. The van der Waals surface area contributed by atoms with Gasteiger partial charge in [-0.2, -0.15) is 0 Å². The van der Waals surface area contributed by atoms with Crippen LogP contribution >= 0.6 is 24.0 Å². The highest BCUT2D eigenvalue weighted by molar-refractivity contribution is 14.0. The first-order valence-electron chi connectivity index (χ1n) is 10.7. The van der Waals surface area contributed by atoms with Crippen molar-refractivity contribution in [1.82, 2.24) is 20.4 Å². The molecule has 3 heterocycles. The van der Waals surface area contributed by atoms with Crippen LogP contribution in [0.15, 0.2) is 4.99 Å². The summed E-state index contributed by atoms with van der Waals surface area (Å²) in [6, 6.07) is 2.07. The smallest absolute Gasteiger partial charge is 0.191 e. The lowest BCUT2D eigenvalue weighted by molar-refractivity contribution is 0.0323. The molecule has 3 atom stereocenters. The first kappa shape index (κ1) is 23.2. The van der Waals surface area contributed by atoms with Gasteiger partial charge in [0.1, 0.15) is 0 Å². The predicted octanol–water partition coefficient (Wildman–Crippen LogP) is 2.14. The third-order valence-electron chi connectivity index (χ3n) is 6.26. The fourth-order valence-corrected chi connectivity index (χ4v) is 4.78. The first-order valence-corrected chi connectivity index (χ1v) is 10.7. The van der Waals surface area contributed by atoms with Gasteiger partial charge in [0, 0.05) is 50.8 Å². The summed E-state index contributed by atoms with van der Waals surface area (Å²) in [5.74, 6) is 1.58. The van der Waals surface area contributed by atoms with Crippen LogP contribution in [0.2, 0.25) is 0 Å². The number of fused-ring (bicyclic) bond motifs is 2. The Balaban J connectivity index is 0.00000261. The zero-order valence-electron chi connectivity index (χ0n) is 17.5. The number of aliphatic imine (C=N–C) groups is 1. The Bertz CT molecular complexity index is 444. The lowest BCUT2D eigenvalue weighted by Gasteiger charge is -2.47. The minimum absolute atomic E-state index is 0. The number of halogens is 1. The van der Waals surface area contributed by atoms with Crippen LogP contribution in [-0.2, 0) is 4.74 Å². The number of nitrogens with zero attached hydrogens (tertiary/aromatic N) is 3. The Morgan fingerprint density at radius 2 is 1.85 bits per heavy atom. The molecular formula is C20H40IN5O. The van der Waals surface area contributed by atoms with Gasteiger partial charge in [0.25, 0.3) is 0 Å². The van der Waals surface area contributed by atoms with E-state index in [1.165, 1.54) is 32.1 Å². The summed E-state index contributed by atoms with van der Waals surface area (Å²) in [6.45, 7) is 11.2. The maximum absolute atomic E-state index is 5.44. The quantitative estimate of drug-likeness (QED) is 0.338. The van der Waals surface area contributed by atoms with Crippen molar-refractivity contribution in [1.29, 1.82) is 0 Å². The molecule has 2 bridgehead atoms. The van der Waals surface area contributed by atoms with Gasteiger partial charge in [-0.05, 0) is 45.6 Å². The third kappa shape index (κ3) is 7.01. The molecule has 0 aliphatic carbocycles. The molecule has 7 heteroatoms. The van der Waals surface area contributed by atoms with Crippen molar-refractivity contribution in [3.63, 3.8) is 0 Å². The highest BCUT2D eigenvalue weighted by Crippen LogP contribution is 2.32. The van der Waals surface area contributed by atoms with E-state index in [1.807, 2.05) is 0 Å². The van der Waals surface area contributed by atoms with Crippen LogP contribution in [-0.4, -0.2) is 86.9 Å². The molecule has 3 aliphatic rings. The lowest BCUT2D eigenvalue weighted by Crippen LogP contribution is -2.56. The Morgan fingerprint density at radius 1 is 1.19 bits per heavy atom. The number of hydrogen-bond acceptors (Lipinski definition) is 4. The molecule has 0 spiro atoms. The van der Waals surface area contributed by atoms with Gasteiger partial charge in [-0.3, -0.25) is 9.89 Å². The van der Waals surface area contributed by atoms with Crippen LogP contribution < -0.4 is 10.6 Å². The normalized spacial score (nSPS) is 31.1. The Labute approximate surface area is 182 Å². The van der Waals surface area contributed by atoms with Crippen molar-refractivity contribution in [2.24, 2.45) is 10.9 Å². The van der Waals surface area contributed by atoms with Crippen LogP contribution in [0.4, 0.5) is 0 Å². The molecule has 0 radical (unpaired) electrons. The summed E-state index contributed by atoms with van der Waals surface area (Å²) in [4.78, 5) is 10.0. The van der Waals surface area contributed by atoms with Crippen LogP contribution in [0.1, 0.15) is 46.0 Å². The van der Waals surface area contributed by atoms with Crippen molar-refractivity contribution in [2.75, 3.05) is 53.0 Å². The van der Waals surface area contributed by atoms with E-state index in [0.29, 0.717) is 12.0 Å². The van der Waals surface area contributed by atoms with Gasteiger partial charge < -0.3 is 20.3 Å². The number of rotatable bonds is 6. The molecule has 3 saturated heterocycles. The van der Waals surface area contributed by atoms with Gasteiger partial charge in [0.2, 0.25) is 0 Å². The van der Waals surface area contributed by atoms with Gasteiger partial charge in [-0.25, -0.2) is 0 Å². The maximum atomic E-state index is 5.44. The van der Waals surface area contributed by atoms with E-state index in [4.69, 9.17) is 9.73 Å². The summed E-state index contributed by atoms with van der Waals surface area (Å²) in [6.07, 6.45) is 6.62. The van der Waals surface area contributed by atoms with Gasteiger partial charge >= 0.3 is 0 Å². The van der Waals surface area contributed by atoms with Gasteiger partial charge in [0.15, 0.2) is 5.96 Å². The number of hydrogen-bond donors (Lipinski definition) is 2. The Kier molecular flexibility index (Phi) is 10.1. The molecule has 0 saturated carbocycles. The summed E-state index contributed by atoms with van der Waals surface area (Å²) in [5, 5.41) is 7.20. The van der Waals surface area contributed by atoms with Gasteiger partial charge in [-0.1, -0.05) is 13.3 Å². The van der Waals surface area contributed by atoms with Crippen LogP contribution in [0.5, 0.6) is 0 Å². The van der Waals surface area contributed by atoms with Crippen LogP contribution in [0.25, 0.3) is 0 Å². The molecule has 0 aromatic heterocycles. The number of guanidine groups is 1. The average molecular weight is 493 g/mol. The Hall–Kier alpha value is -0.120. The standard InChI is InChI=1S/C20H39N5O.HI/c1-4-21-20(22-14-16(2)15-25-8-10-26-11-9-25)23-17-12-18-6-5-7-19(13-17)24(18)3;/h16-19H,4-15H2,1-3H3,(H2,21,22,23);1H. The number of morpholine rings is 1. The topological polar surface area (TPSA) is 52.1 Å². The second-order valence-electron chi connectivity index (χ2n) is 8.45. The molecule has 0 aromatic carbocycles. The Morgan fingerprint density at radius 3 is 2.48 bits per heavy atom. The fourth-order valence-electron chi connectivity index (χ4n) is 4.78. The van der Waals surface area contributed by atoms with Crippen molar-refractivity contribution < 1.29 is 4.74 Å². The molecule has 0 amide bonds. The second kappa shape index (κ2) is 11.8. The molecule has 3 fully saturated rings. The molecular weight excluding hydrogens is 453 g/mol. The van der Waals surface area contributed by atoms with Crippen molar-refractivity contribution in [3.8, 4) is 0 Å². The lowest BCUT2D eigenvalue weighted by atomic mass is 9.82. The van der Waals surface area contributed by atoms with E-state index in [1.54, 1.807) is 0 Å². The van der Waals surface area contributed by atoms with Crippen LogP contribution in [0.3, 0.4) is 0 Å². The molecule has 3 aliphatic heterocycles. The minimum atomic E-state index is 0. The van der Waals surface area contributed by atoms with Crippen molar-refractivity contribution in [2.45, 2.75) is 64.1 Å². The number of ether oxygens (including phenoxy) is 1. The minimum Gasteiger partial charge on any atom is -0.379 e. The molecule has 2 N–H and O–H groups in total. The zero-order valence-corrected chi connectivity index (χ0v) is 19.8. The fraction of sp³-hybridized carbons (Fsp3) is 0.950. The van der Waals surface area contributed by atoms with Crippen molar-refractivity contribution >= 4 is 29.9 Å². The van der Waals surface area contributed by atoms with E-state index >= 15 is 0 Å². The monoisotopic (exact) mass is 493 g/mol. The van der Waals surface area contributed by atoms with E-state index in [0.717, 1.165) is 64.0 Å². The predicted molar refractivity (Wildman–Crippen MR) is 123 cm³/mol. The van der Waals surface area contributed by atoms with Gasteiger partial charge in [0.05, 0.1) is 13.2 Å². The average Bonchev–Trinajstić information content (AvgIpc) is 2.61.